The number of nitrogens with one attached hydrogen (secondary N) is 1. The summed E-state index contributed by atoms with van der Waals surface area (Å²) in [6, 6.07) is 2.10. The normalized spacial score (nSPS) is 18.3. The molecule has 1 unspecified atom stereocenters. The second-order valence-electron chi connectivity index (χ2n) is 5.11. The molecule has 2 heterocycles. The number of rotatable bonds is 6. The number of nitrogens with zero attached hydrogens (tertiary/aromatic N) is 2. The Morgan fingerprint density at radius 1 is 1.60 bits per heavy atom. The molecule has 2 N–H and O–H groups in total. The van der Waals surface area contributed by atoms with Gasteiger partial charge in [0.15, 0.2) is 0 Å². The average Bonchev–Trinajstić information content (AvgIpc) is 2.93. The monoisotopic (exact) mass is 277 g/mol. The van der Waals surface area contributed by atoms with Gasteiger partial charge in [-0.05, 0) is 38.7 Å². The number of amides is 1. The Morgan fingerprint density at radius 2 is 2.45 bits per heavy atom. The second kappa shape index (κ2) is 7.24. The van der Waals surface area contributed by atoms with Gasteiger partial charge in [-0.1, -0.05) is 0 Å². The summed E-state index contributed by atoms with van der Waals surface area (Å²) in [5.74, 6) is 0.0505. The molecule has 0 radical (unpaired) electrons. The van der Waals surface area contributed by atoms with E-state index in [4.69, 9.17) is 5.11 Å². The zero-order valence-corrected chi connectivity index (χ0v) is 12.0. The van der Waals surface area contributed by atoms with Crippen LogP contribution in [0.4, 0.5) is 5.69 Å². The first-order valence-corrected chi connectivity index (χ1v) is 7.37. The van der Waals surface area contributed by atoms with E-state index in [0.29, 0.717) is 5.56 Å². The summed E-state index contributed by atoms with van der Waals surface area (Å²) in [4.78, 5) is 18.7. The van der Waals surface area contributed by atoms with Crippen LogP contribution >= 0.6 is 0 Å². The Kier molecular flexibility index (Phi) is 5.35. The van der Waals surface area contributed by atoms with E-state index in [1.54, 1.807) is 12.4 Å². The fourth-order valence-corrected chi connectivity index (χ4v) is 2.79. The predicted molar refractivity (Wildman–Crippen MR) is 78.8 cm³/mol. The van der Waals surface area contributed by atoms with Gasteiger partial charge in [0.2, 0.25) is 0 Å². The van der Waals surface area contributed by atoms with Crippen LogP contribution in [0.5, 0.6) is 0 Å². The minimum absolute atomic E-state index is 0.0505. The summed E-state index contributed by atoms with van der Waals surface area (Å²) in [5.41, 5.74) is 1.49. The molecule has 5 nitrogen and oxygen atoms in total. The quantitative estimate of drug-likeness (QED) is 0.833. The average molecular weight is 277 g/mol. The number of anilines is 1. The third kappa shape index (κ3) is 3.28. The highest BCUT2D eigenvalue weighted by molar-refractivity contribution is 5.99. The van der Waals surface area contributed by atoms with Crippen LogP contribution in [0.3, 0.4) is 0 Å². The van der Waals surface area contributed by atoms with Crippen molar-refractivity contribution in [3.8, 4) is 0 Å². The van der Waals surface area contributed by atoms with E-state index < -0.39 is 0 Å². The van der Waals surface area contributed by atoms with E-state index in [-0.39, 0.29) is 18.6 Å². The maximum absolute atomic E-state index is 12.7. The number of likely N-dealkylation sites (tertiary alicyclic amines) is 1. The van der Waals surface area contributed by atoms with E-state index in [9.17, 15) is 4.79 Å². The lowest BCUT2D eigenvalue weighted by molar-refractivity contribution is 0.0725. The van der Waals surface area contributed by atoms with Gasteiger partial charge in [0.1, 0.15) is 0 Å². The lowest BCUT2D eigenvalue weighted by Crippen LogP contribution is -2.36. The number of hydrogen-bond acceptors (Lipinski definition) is 4. The van der Waals surface area contributed by atoms with Gasteiger partial charge in [-0.3, -0.25) is 9.78 Å². The first kappa shape index (κ1) is 14.8. The molecule has 5 heteroatoms. The van der Waals surface area contributed by atoms with E-state index in [0.717, 1.165) is 44.5 Å². The number of aliphatic hydroxyl groups is 1. The van der Waals surface area contributed by atoms with Gasteiger partial charge in [-0.15, -0.1) is 0 Å². The smallest absolute Gasteiger partial charge is 0.257 e. The zero-order chi connectivity index (χ0) is 14.4. The highest BCUT2D eigenvalue weighted by atomic mass is 16.3. The summed E-state index contributed by atoms with van der Waals surface area (Å²) < 4.78 is 0. The predicted octanol–water partition coefficient (Wildman–Crippen LogP) is 1.89. The molecule has 1 atom stereocenters. The Morgan fingerprint density at radius 3 is 3.20 bits per heavy atom. The molecule has 1 aromatic rings. The van der Waals surface area contributed by atoms with Gasteiger partial charge < -0.3 is 15.3 Å². The van der Waals surface area contributed by atoms with Gasteiger partial charge in [0.05, 0.1) is 11.3 Å². The summed E-state index contributed by atoms with van der Waals surface area (Å²) in [7, 11) is 0. The zero-order valence-electron chi connectivity index (χ0n) is 12.0. The lowest BCUT2D eigenvalue weighted by atomic mass is 10.1. The number of hydrogen-bond donors (Lipinski definition) is 2. The van der Waals surface area contributed by atoms with Crippen LogP contribution in [0.1, 0.15) is 43.0 Å². The highest BCUT2D eigenvalue weighted by Crippen LogP contribution is 2.25. The fourth-order valence-electron chi connectivity index (χ4n) is 2.79. The molecule has 20 heavy (non-hydrogen) atoms. The lowest BCUT2D eigenvalue weighted by Gasteiger charge is -2.25. The minimum atomic E-state index is 0.0505. The number of aliphatic hydroxyl groups excluding tert-OH is 1. The Bertz CT molecular complexity index is 450. The summed E-state index contributed by atoms with van der Waals surface area (Å²) in [5, 5.41) is 12.2. The van der Waals surface area contributed by atoms with Crippen molar-refractivity contribution in [2.24, 2.45) is 0 Å². The van der Waals surface area contributed by atoms with Crippen LogP contribution in [0.15, 0.2) is 18.5 Å². The van der Waals surface area contributed by atoms with Gasteiger partial charge >= 0.3 is 0 Å². The third-order valence-corrected chi connectivity index (χ3v) is 3.75. The van der Waals surface area contributed by atoms with E-state index in [1.807, 2.05) is 17.9 Å². The van der Waals surface area contributed by atoms with Crippen LogP contribution in [0.2, 0.25) is 0 Å². The van der Waals surface area contributed by atoms with Gasteiger partial charge in [-0.25, -0.2) is 0 Å². The van der Waals surface area contributed by atoms with Crippen LogP contribution in [-0.2, 0) is 0 Å². The topological polar surface area (TPSA) is 65.5 Å². The SMILES string of the molecule is CCNc1ccncc1C(=O)N1CCCC1CCCO. The molecule has 0 spiro atoms. The molecular formula is C15H23N3O2. The van der Waals surface area contributed by atoms with Crippen molar-refractivity contribution < 1.29 is 9.90 Å². The molecular weight excluding hydrogens is 254 g/mol. The second-order valence-corrected chi connectivity index (χ2v) is 5.11. The van der Waals surface area contributed by atoms with Gasteiger partial charge in [0, 0.05) is 38.1 Å². The molecule has 0 saturated carbocycles. The molecule has 0 aliphatic carbocycles. The van der Waals surface area contributed by atoms with Crippen LogP contribution < -0.4 is 5.32 Å². The Balaban J connectivity index is 2.13. The number of pyridine rings is 1. The maximum atomic E-state index is 12.7. The number of carbonyl (C=O) groups is 1. The van der Waals surface area contributed by atoms with Crippen molar-refractivity contribution in [3.05, 3.63) is 24.0 Å². The molecule has 110 valence electrons. The molecule has 1 saturated heterocycles. The van der Waals surface area contributed by atoms with Crippen molar-refractivity contribution in [2.75, 3.05) is 25.0 Å². The number of carbonyl (C=O) groups excluding carboxylic acids is 1. The molecule has 1 aliphatic rings. The third-order valence-electron chi connectivity index (χ3n) is 3.75. The van der Waals surface area contributed by atoms with Crippen molar-refractivity contribution in [1.82, 2.24) is 9.88 Å². The largest absolute Gasteiger partial charge is 0.396 e. The molecule has 1 aliphatic heterocycles. The van der Waals surface area contributed by atoms with Crippen molar-refractivity contribution in [1.29, 1.82) is 0 Å². The first-order chi connectivity index (χ1) is 9.77. The standard InChI is InChI=1S/C15H23N3O2/c1-2-17-14-7-8-16-11-13(14)15(20)18-9-3-5-12(18)6-4-10-19/h7-8,11-12,19H,2-6,9-10H2,1H3,(H,16,17). The number of aromatic nitrogens is 1. The van der Waals surface area contributed by atoms with Crippen LogP contribution in [-0.4, -0.2) is 46.6 Å². The molecule has 1 amide bonds. The summed E-state index contributed by atoms with van der Waals surface area (Å²) in [6.07, 6.45) is 7.03. The summed E-state index contributed by atoms with van der Waals surface area (Å²) >= 11 is 0. The van der Waals surface area contributed by atoms with Crippen molar-refractivity contribution in [3.63, 3.8) is 0 Å². The first-order valence-electron chi connectivity index (χ1n) is 7.37. The highest BCUT2D eigenvalue weighted by Gasteiger charge is 2.30. The fraction of sp³-hybridized carbons (Fsp3) is 0.600. The van der Waals surface area contributed by atoms with Crippen molar-refractivity contribution >= 4 is 11.6 Å². The summed E-state index contributed by atoms with van der Waals surface area (Å²) in [6.45, 7) is 3.77. The molecule has 1 aromatic heterocycles. The van der Waals surface area contributed by atoms with E-state index >= 15 is 0 Å². The molecule has 2 rings (SSSR count). The minimum Gasteiger partial charge on any atom is -0.396 e. The van der Waals surface area contributed by atoms with Crippen molar-refractivity contribution in [2.45, 2.75) is 38.6 Å². The molecule has 0 aromatic carbocycles. The van der Waals surface area contributed by atoms with Crippen LogP contribution in [0.25, 0.3) is 0 Å². The Hall–Kier alpha value is -1.62. The van der Waals surface area contributed by atoms with Gasteiger partial charge in [0.25, 0.3) is 5.91 Å². The maximum Gasteiger partial charge on any atom is 0.257 e. The molecule has 1 fully saturated rings. The van der Waals surface area contributed by atoms with Crippen LogP contribution in [0, 0.1) is 0 Å². The van der Waals surface area contributed by atoms with E-state index in [2.05, 4.69) is 10.3 Å². The molecule has 0 bridgehead atoms. The van der Waals surface area contributed by atoms with E-state index in [1.165, 1.54) is 0 Å². The Labute approximate surface area is 120 Å². The van der Waals surface area contributed by atoms with Gasteiger partial charge in [-0.2, -0.15) is 0 Å².